The summed E-state index contributed by atoms with van der Waals surface area (Å²) >= 11 is 6.88. The molecule has 3 heteroatoms. The molecule has 1 saturated carbocycles. The van der Waals surface area contributed by atoms with E-state index in [-0.39, 0.29) is 6.10 Å². The van der Waals surface area contributed by atoms with E-state index >= 15 is 0 Å². The Bertz CT molecular complexity index is 569. The summed E-state index contributed by atoms with van der Waals surface area (Å²) in [6, 6.07) is 10.7. The molecule has 0 N–H and O–H groups in total. The van der Waals surface area contributed by atoms with E-state index in [0.29, 0.717) is 12.0 Å². The minimum atomic E-state index is -1.49. The molecule has 132 valence electrons. The molecule has 1 aliphatic carbocycles. The smallest absolute Gasteiger partial charge is 0.0808 e. The molecule has 1 aliphatic heterocycles. The second-order valence-corrected chi connectivity index (χ2v) is 14.0. The van der Waals surface area contributed by atoms with E-state index < -0.39 is 8.07 Å². The SMILES string of the molecule is C[Si](C)(C)C1=C(Cl)C[C@H](C2CCCCC2)O[C@@H]1Cc1ccccc1. The van der Waals surface area contributed by atoms with Gasteiger partial charge in [-0.3, -0.25) is 0 Å². The van der Waals surface area contributed by atoms with Crippen molar-refractivity contribution in [1.82, 2.24) is 0 Å². The first kappa shape index (κ1) is 18.2. The summed E-state index contributed by atoms with van der Waals surface area (Å²) in [6.07, 6.45) is 9.13. The zero-order chi connectivity index (χ0) is 17.2. The lowest BCUT2D eigenvalue weighted by molar-refractivity contribution is -0.0402. The molecule has 0 spiro atoms. The average Bonchev–Trinajstić information content (AvgIpc) is 2.55. The maximum Gasteiger partial charge on any atom is 0.0808 e. The van der Waals surface area contributed by atoms with E-state index in [1.165, 1.54) is 42.9 Å². The molecule has 0 unspecified atom stereocenters. The van der Waals surface area contributed by atoms with Crippen molar-refractivity contribution in [2.45, 2.75) is 76.8 Å². The van der Waals surface area contributed by atoms with E-state index in [9.17, 15) is 0 Å². The lowest BCUT2D eigenvalue weighted by Crippen LogP contribution is -2.43. The lowest BCUT2D eigenvalue weighted by atomic mass is 9.83. The number of halogens is 1. The minimum Gasteiger partial charge on any atom is -0.370 e. The van der Waals surface area contributed by atoms with Gasteiger partial charge in [-0.25, -0.2) is 0 Å². The highest BCUT2D eigenvalue weighted by molar-refractivity contribution is 6.84. The van der Waals surface area contributed by atoms with Crippen LogP contribution in [-0.4, -0.2) is 20.3 Å². The van der Waals surface area contributed by atoms with Crippen LogP contribution in [-0.2, 0) is 11.2 Å². The maximum atomic E-state index is 6.88. The third kappa shape index (κ3) is 4.33. The van der Waals surface area contributed by atoms with Gasteiger partial charge in [-0.05, 0) is 29.5 Å². The molecule has 1 aromatic rings. The van der Waals surface area contributed by atoms with Crippen LogP contribution in [0.4, 0.5) is 0 Å². The van der Waals surface area contributed by atoms with E-state index in [0.717, 1.165) is 17.9 Å². The molecule has 3 rings (SSSR count). The first-order chi connectivity index (χ1) is 11.4. The molecular formula is C21H31ClOSi. The molecule has 0 bridgehead atoms. The van der Waals surface area contributed by atoms with Crippen LogP contribution in [0.2, 0.25) is 19.6 Å². The summed E-state index contributed by atoms with van der Waals surface area (Å²) < 4.78 is 6.73. The summed E-state index contributed by atoms with van der Waals surface area (Å²) in [7, 11) is -1.49. The van der Waals surface area contributed by atoms with Gasteiger partial charge in [-0.2, -0.15) is 0 Å². The first-order valence-electron chi connectivity index (χ1n) is 9.53. The molecule has 0 radical (unpaired) electrons. The van der Waals surface area contributed by atoms with Crippen LogP contribution in [0.15, 0.2) is 40.6 Å². The number of benzene rings is 1. The molecule has 1 heterocycles. The van der Waals surface area contributed by atoms with Gasteiger partial charge in [0, 0.05) is 17.9 Å². The fourth-order valence-corrected chi connectivity index (χ4v) is 7.62. The molecule has 2 aliphatic rings. The topological polar surface area (TPSA) is 9.23 Å². The Hall–Kier alpha value is -0.573. The zero-order valence-corrected chi connectivity index (χ0v) is 17.1. The predicted octanol–water partition coefficient (Wildman–Crippen LogP) is 6.34. The Labute approximate surface area is 153 Å². The van der Waals surface area contributed by atoms with Crippen molar-refractivity contribution in [2.75, 3.05) is 0 Å². The Balaban J connectivity index is 1.84. The normalized spacial score (nSPS) is 26.7. The van der Waals surface area contributed by atoms with Crippen LogP contribution < -0.4 is 0 Å². The van der Waals surface area contributed by atoms with Gasteiger partial charge in [0.15, 0.2) is 0 Å². The number of hydrogen-bond donors (Lipinski definition) is 0. The first-order valence-corrected chi connectivity index (χ1v) is 13.4. The standard InChI is InChI=1S/C21H31ClOSi/c1-24(2,3)21-18(22)15-19(17-12-8-5-9-13-17)23-20(21)14-16-10-6-4-7-11-16/h4,6-7,10-11,17,19-20H,5,8-9,12-15H2,1-3H3/t19-,20-/m1/s1. The van der Waals surface area contributed by atoms with Gasteiger partial charge >= 0.3 is 0 Å². The number of hydrogen-bond acceptors (Lipinski definition) is 1. The lowest BCUT2D eigenvalue weighted by Gasteiger charge is -2.41. The quantitative estimate of drug-likeness (QED) is 0.568. The van der Waals surface area contributed by atoms with Crippen molar-refractivity contribution in [3.63, 3.8) is 0 Å². The Morgan fingerprint density at radius 1 is 1.04 bits per heavy atom. The van der Waals surface area contributed by atoms with E-state index in [1.54, 1.807) is 0 Å². The summed E-state index contributed by atoms with van der Waals surface area (Å²) in [5.41, 5.74) is 1.35. The summed E-state index contributed by atoms with van der Waals surface area (Å²) in [5, 5.41) is 2.57. The third-order valence-electron chi connectivity index (χ3n) is 5.58. The summed E-state index contributed by atoms with van der Waals surface area (Å²) in [5.74, 6) is 0.703. The van der Waals surface area contributed by atoms with Gasteiger partial charge in [-0.1, -0.05) is 80.8 Å². The van der Waals surface area contributed by atoms with Crippen LogP contribution in [0, 0.1) is 5.92 Å². The van der Waals surface area contributed by atoms with Crippen LogP contribution in [0.25, 0.3) is 0 Å². The van der Waals surface area contributed by atoms with Gasteiger partial charge in [0.05, 0.1) is 20.3 Å². The monoisotopic (exact) mass is 362 g/mol. The molecule has 0 saturated heterocycles. The summed E-state index contributed by atoms with van der Waals surface area (Å²) in [4.78, 5) is 0. The second kappa shape index (κ2) is 7.76. The van der Waals surface area contributed by atoms with Crippen LogP contribution in [0.1, 0.15) is 44.1 Å². The predicted molar refractivity (Wildman–Crippen MR) is 106 cm³/mol. The fourth-order valence-electron chi connectivity index (χ4n) is 4.44. The molecule has 2 atom stereocenters. The van der Waals surface area contributed by atoms with Gasteiger partial charge in [0.1, 0.15) is 0 Å². The van der Waals surface area contributed by atoms with Crippen LogP contribution in [0.3, 0.4) is 0 Å². The molecule has 24 heavy (non-hydrogen) atoms. The zero-order valence-electron chi connectivity index (χ0n) is 15.4. The van der Waals surface area contributed by atoms with Crippen molar-refractivity contribution in [1.29, 1.82) is 0 Å². The van der Waals surface area contributed by atoms with Crippen molar-refractivity contribution < 1.29 is 4.74 Å². The van der Waals surface area contributed by atoms with E-state index in [2.05, 4.69) is 50.0 Å². The molecule has 0 amide bonds. The highest BCUT2D eigenvalue weighted by Gasteiger charge is 2.38. The second-order valence-electron chi connectivity index (χ2n) is 8.52. The van der Waals surface area contributed by atoms with Gasteiger partial charge in [0.25, 0.3) is 0 Å². The van der Waals surface area contributed by atoms with Gasteiger partial charge < -0.3 is 4.74 Å². The molecule has 1 fully saturated rings. The third-order valence-corrected chi connectivity index (χ3v) is 8.34. The van der Waals surface area contributed by atoms with Gasteiger partial charge in [0.2, 0.25) is 0 Å². The fraction of sp³-hybridized carbons (Fsp3) is 0.619. The van der Waals surface area contributed by atoms with E-state index in [4.69, 9.17) is 16.3 Å². The van der Waals surface area contributed by atoms with Crippen molar-refractivity contribution in [2.24, 2.45) is 5.92 Å². The Morgan fingerprint density at radius 3 is 2.33 bits per heavy atom. The summed E-state index contributed by atoms with van der Waals surface area (Å²) in [6.45, 7) is 7.19. The number of ether oxygens (including phenoxy) is 1. The van der Waals surface area contributed by atoms with E-state index in [1.807, 2.05) is 0 Å². The van der Waals surface area contributed by atoms with Crippen molar-refractivity contribution >= 4 is 19.7 Å². The van der Waals surface area contributed by atoms with Crippen LogP contribution >= 0.6 is 11.6 Å². The van der Waals surface area contributed by atoms with Crippen LogP contribution in [0.5, 0.6) is 0 Å². The van der Waals surface area contributed by atoms with Gasteiger partial charge in [-0.15, -0.1) is 0 Å². The van der Waals surface area contributed by atoms with Crippen molar-refractivity contribution in [3.8, 4) is 0 Å². The number of rotatable bonds is 4. The largest absolute Gasteiger partial charge is 0.370 e. The minimum absolute atomic E-state index is 0.173. The maximum absolute atomic E-state index is 6.88. The van der Waals surface area contributed by atoms with Crippen molar-refractivity contribution in [3.05, 3.63) is 46.1 Å². The highest BCUT2D eigenvalue weighted by Crippen LogP contribution is 2.40. The Morgan fingerprint density at radius 2 is 1.71 bits per heavy atom. The molecular weight excluding hydrogens is 332 g/mol. The average molecular weight is 363 g/mol. The highest BCUT2D eigenvalue weighted by atomic mass is 35.5. The Kier molecular flexibility index (Phi) is 5.89. The molecule has 1 aromatic carbocycles. The molecule has 1 nitrogen and oxygen atoms in total. The molecule has 0 aromatic heterocycles.